The van der Waals surface area contributed by atoms with Gasteiger partial charge in [-0.05, 0) is 34.6 Å². The molecule has 0 amide bonds. The molecule has 0 fully saturated rings. The lowest BCUT2D eigenvalue weighted by molar-refractivity contribution is -0.244. The second-order valence-electron chi connectivity index (χ2n) is 4.10. The van der Waals surface area contributed by atoms with Gasteiger partial charge < -0.3 is 15.2 Å². The van der Waals surface area contributed by atoms with Crippen LogP contribution in [0.2, 0.25) is 4.34 Å². The normalized spacial score (nSPS) is 10.5. The van der Waals surface area contributed by atoms with Crippen molar-refractivity contribution in [3.63, 3.8) is 0 Å². The first-order valence-corrected chi connectivity index (χ1v) is 8.28. The van der Waals surface area contributed by atoms with Gasteiger partial charge in [0.05, 0.1) is 16.7 Å². The van der Waals surface area contributed by atoms with Crippen LogP contribution in [0, 0.1) is 6.92 Å². The van der Waals surface area contributed by atoms with Crippen molar-refractivity contribution in [3.8, 4) is 0 Å². The van der Waals surface area contributed by atoms with E-state index in [9.17, 15) is 0 Å². The van der Waals surface area contributed by atoms with Crippen LogP contribution in [0.25, 0.3) is 11.0 Å². The van der Waals surface area contributed by atoms with Crippen LogP contribution in [0.15, 0.2) is 29.6 Å². The Morgan fingerprint density at radius 1 is 1.52 bits per heavy atom. The van der Waals surface area contributed by atoms with Gasteiger partial charge in [-0.1, -0.05) is 31.2 Å². The van der Waals surface area contributed by atoms with Gasteiger partial charge in [0.15, 0.2) is 0 Å². The van der Waals surface area contributed by atoms with Gasteiger partial charge in [0.1, 0.15) is 4.34 Å². The Balaban J connectivity index is 0.000000673. The Kier molecular flexibility index (Phi) is 7.57. The molecule has 3 N–H and O–H groups in total. The molecule has 0 aliphatic heterocycles. The van der Waals surface area contributed by atoms with E-state index in [4.69, 9.17) is 26.3 Å². The van der Waals surface area contributed by atoms with Crippen LogP contribution >= 0.6 is 31.2 Å². The monoisotopic (exact) mass is 377 g/mol. The Morgan fingerprint density at radius 3 is 2.70 bits per heavy atom. The average Bonchev–Trinajstić information content (AvgIpc) is 3.05. The van der Waals surface area contributed by atoms with Gasteiger partial charge in [0.25, 0.3) is 0 Å². The molecule has 10 heteroatoms. The molecular formula is C13H17ClN3O4PS. The minimum atomic E-state index is -3.04. The van der Waals surface area contributed by atoms with Gasteiger partial charge in [0.2, 0.25) is 5.95 Å². The summed E-state index contributed by atoms with van der Waals surface area (Å²) in [6, 6.07) is 7.91. The number of nitrogens with zero attached hydrogens (tertiary/aromatic N) is 1. The Bertz CT molecular complexity index is 746. The number of aromatic nitrogens is 2. The summed E-state index contributed by atoms with van der Waals surface area (Å²) in [5.74, 6) is 0.717. The summed E-state index contributed by atoms with van der Waals surface area (Å²) in [5.41, 5.74) is 4.01. The van der Waals surface area contributed by atoms with Crippen molar-refractivity contribution in [1.29, 1.82) is 0 Å². The number of rotatable bonds is 3. The number of aromatic amines is 1. The molecule has 0 aliphatic carbocycles. The number of H-pyrrole nitrogens is 1. The number of anilines is 2. The standard InChI is InChI=1S/C12H10ClN3S.CH4.HO4P.H2/c1-7-6-17-11(13)10(7)16-12-14-8-4-2-3-5-9(8)15-12;;1-4-5(2)3;/h2-6H,1H3,(H2,14,15,16);1H4;1H;1H. The molecule has 0 aliphatic rings. The molecule has 1 aromatic carbocycles. The molecule has 0 radical (unpaired) electrons. The van der Waals surface area contributed by atoms with E-state index in [2.05, 4.69) is 20.0 Å². The maximum absolute atomic E-state index is 8.93. The van der Waals surface area contributed by atoms with Gasteiger partial charge in [0, 0.05) is 6.10 Å². The topological polar surface area (TPSA) is 110 Å². The van der Waals surface area contributed by atoms with Crippen LogP contribution in [0.5, 0.6) is 0 Å². The predicted molar refractivity (Wildman–Crippen MR) is 93.6 cm³/mol. The maximum Gasteiger partial charge on any atom is 0.521 e. The molecule has 7 nitrogen and oxygen atoms in total. The molecule has 1 atom stereocenters. The number of para-hydroxylation sites is 2. The van der Waals surface area contributed by atoms with Crippen LogP contribution in [0.3, 0.4) is 0 Å². The molecule has 1 unspecified atom stereocenters. The highest BCUT2D eigenvalue weighted by atomic mass is 35.5. The number of benzene rings is 1. The summed E-state index contributed by atoms with van der Waals surface area (Å²) in [6.07, 6.45) is 0. The molecule has 3 rings (SSSR count). The van der Waals surface area contributed by atoms with Crippen molar-refractivity contribution >= 4 is 53.9 Å². The Morgan fingerprint density at radius 2 is 2.17 bits per heavy atom. The first-order chi connectivity index (χ1) is 10.5. The number of fused-ring (bicyclic) bond motifs is 1. The minimum Gasteiger partial charge on any atom is -0.565 e. The first kappa shape index (κ1) is 19.5. The van der Waals surface area contributed by atoms with E-state index < -0.39 is 8.25 Å². The molecule has 0 bridgehead atoms. The van der Waals surface area contributed by atoms with Gasteiger partial charge in [-0.3, -0.25) is 0 Å². The van der Waals surface area contributed by atoms with Gasteiger partial charge in [-0.25, -0.2) is 10.2 Å². The quantitative estimate of drug-likeness (QED) is 0.346. The maximum atomic E-state index is 8.93. The van der Waals surface area contributed by atoms with E-state index >= 15 is 0 Å². The van der Waals surface area contributed by atoms with Crippen molar-refractivity contribution in [1.82, 2.24) is 9.97 Å². The number of imidazole rings is 1. The second-order valence-corrected chi connectivity index (χ2v) is 6.19. The number of hydrogen-bond donors (Lipinski definition) is 3. The van der Waals surface area contributed by atoms with E-state index in [1.54, 1.807) is 0 Å². The molecule has 3 aromatic rings. The molecule has 126 valence electrons. The largest absolute Gasteiger partial charge is 0.565 e. The summed E-state index contributed by atoms with van der Waals surface area (Å²) in [5, 5.41) is 12.3. The summed E-state index contributed by atoms with van der Waals surface area (Å²) in [4.78, 5) is 16.6. The van der Waals surface area contributed by atoms with Crippen LogP contribution in [-0.4, -0.2) is 15.2 Å². The van der Waals surface area contributed by atoms with E-state index in [1.165, 1.54) is 11.3 Å². The molecule has 0 saturated carbocycles. The highest BCUT2D eigenvalue weighted by Gasteiger charge is 2.09. The van der Waals surface area contributed by atoms with Crippen molar-refractivity contribution in [2.45, 2.75) is 14.4 Å². The highest BCUT2D eigenvalue weighted by molar-refractivity contribution is 7.30. The van der Waals surface area contributed by atoms with E-state index in [0.717, 1.165) is 32.6 Å². The third kappa shape index (κ3) is 5.24. The highest BCUT2D eigenvalue weighted by Crippen LogP contribution is 2.34. The summed E-state index contributed by atoms with van der Waals surface area (Å²) in [7, 11) is -3.04. The average molecular weight is 378 g/mol. The smallest absolute Gasteiger partial charge is 0.521 e. The molecule has 0 saturated heterocycles. The van der Waals surface area contributed by atoms with Crippen LogP contribution in [0.4, 0.5) is 11.6 Å². The predicted octanol–water partition coefficient (Wildman–Crippen LogP) is 4.71. The number of halogens is 1. The number of thiophene rings is 1. The number of aryl methyl sites for hydroxylation is 1. The van der Waals surface area contributed by atoms with E-state index in [-0.39, 0.29) is 8.85 Å². The fraction of sp³-hybridized carbons (Fsp3) is 0.154. The van der Waals surface area contributed by atoms with Crippen molar-refractivity contribution in [2.75, 3.05) is 5.32 Å². The van der Waals surface area contributed by atoms with Gasteiger partial charge in [-0.15, -0.1) is 11.3 Å². The molecule has 23 heavy (non-hydrogen) atoms. The third-order valence-corrected chi connectivity index (χ3v) is 4.10. The first-order valence-electron chi connectivity index (χ1n) is 5.92. The number of nitrogens with one attached hydrogen (secondary N) is 2. The zero-order chi connectivity index (χ0) is 16.1. The van der Waals surface area contributed by atoms with Crippen LogP contribution < -0.4 is 10.2 Å². The molecular weight excluding hydrogens is 361 g/mol. The summed E-state index contributed by atoms with van der Waals surface area (Å²) in [6.45, 7) is 2.02. The van der Waals surface area contributed by atoms with Crippen LogP contribution in [-0.2, 0) is 9.24 Å². The van der Waals surface area contributed by atoms with Crippen LogP contribution in [0.1, 0.15) is 14.4 Å². The lowest BCUT2D eigenvalue weighted by atomic mass is 10.3. The van der Waals surface area contributed by atoms with E-state index in [0.29, 0.717) is 0 Å². The summed E-state index contributed by atoms with van der Waals surface area (Å²) >= 11 is 7.63. The zero-order valence-corrected chi connectivity index (χ0v) is 13.7. The Hall–Kier alpha value is -1.54. The minimum absolute atomic E-state index is 0. The fourth-order valence-corrected chi connectivity index (χ4v) is 2.75. The third-order valence-electron chi connectivity index (χ3n) is 2.63. The van der Waals surface area contributed by atoms with E-state index in [1.807, 2.05) is 36.6 Å². The lowest BCUT2D eigenvalue weighted by Crippen LogP contribution is -1.92. The van der Waals surface area contributed by atoms with Crippen molar-refractivity contribution in [3.05, 3.63) is 39.5 Å². The molecule has 2 aromatic heterocycles. The zero-order valence-electron chi connectivity index (χ0n) is 11.2. The fourth-order valence-electron chi connectivity index (χ4n) is 1.69. The second kappa shape index (κ2) is 8.93. The molecule has 2 heterocycles. The van der Waals surface area contributed by atoms with Crippen molar-refractivity contribution < 1.29 is 20.8 Å². The lowest BCUT2D eigenvalue weighted by Gasteiger charge is -2.01. The Labute approximate surface area is 144 Å². The summed E-state index contributed by atoms with van der Waals surface area (Å²) < 4.78 is 12.4. The molecule has 0 spiro atoms. The SMILES string of the molecule is C.Cc1csc(Cl)c1Nc1nc2ccccc2[nH]1.O=[P+]([O-])OO.[HH]. The van der Waals surface area contributed by atoms with Crippen molar-refractivity contribution in [2.24, 2.45) is 0 Å². The van der Waals surface area contributed by atoms with Gasteiger partial charge in [-0.2, -0.15) is 0 Å². The number of hydrogen-bond acceptors (Lipinski definition) is 7. The van der Waals surface area contributed by atoms with Gasteiger partial charge >= 0.3 is 8.25 Å².